The van der Waals surface area contributed by atoms with Crippen LogP contribution in [-0.4, -0.2) is 26.4 Å². The van der Waals surface area contributed by atoms with Crippen LogP contribution in [0.3, 0.4) is 0 Å². The molecule has 0 heterocycles. The fourth-order valence-electron chi connectivity index (χ4n) is 12.0. The predicted octanol–water partition coefficient (Wildman–Crippen LogP) is 16.1. The second-order valence-corrected chi connectivity index (χ2v) is 19.4. The third-order valence-electron chi connectivity index (χ3n) is 15.4. The first kappa shape index (κ1) is 47.7. The molecule has 0 radical (unpaired) electrons. The van der Waals surface area contributed by atoms with Crippen LogP contribution in [0.25, 0.3) is 11.1 Å². The first-order valence-corrected chi connectivity index (χ1v) is 25.0. The molecule has 0 unspecified atom stereocenters. The van der Waals surface area contributed by atoms with Crippen LogP contribution < -0.4 is 9.47 Å². The van der Waals surface area contributed by atoms with E-state index in [0.29, 0.717) is 37.9 Å². The van der Waals surface area contributed by atoms with Crippen molar-refractivity contribution < 1.29 is 31.8 Å². The topological polar surface area (TPSA) is 27.7 Å². The van der Waals surface area contributed by atoms with Gasteiger partial charge in [0.25, 0.3) is 0 Å². The highest BCUT2D eigenvalue weighted by Gasteiger charge is 2.35. The predicted molar refractivity (Wildman–Crippen MR) is 243 cm³/mol. The molecule has 0 atom stereocenters. The standard InChI is InChI=1S/C54H78F4O3/c1-5-9-37-11-15-39(16-12-37)41-19-23-43(24-20-41)45(47-27-29-49(60-33-7-3)53(57)51(47)55)31-35-59-36-32-46(48-28-30-50(61-34-8-4)54(58)52(48)56)44-25-21-42(22-26-44)40-17-13-38(10-6-2)14-18-40/h27-32,37-44H,5-26,33-36H2,1-4H3. The molecule has 0 spiro atoms. The zero-order valence-corrected chi connectivity index (χ0v) is 38.2. The van der Waals surface area contributed by atoms with E-state index in [2.05, 4.69) is 13.8 Å². The summed E-state index contributed by atoms with van der Waals surface area (Å²) in [6.07, 6.45) is 29.3. The lowest BCUT2D eigenvalue weighted by Crippen LogP contribution is -2.26. The van der Waals surface area contributed by atoms with Crippen LogP contribution in [0.5, 0.6) is 11.5 Å². The molecule has 4 aliphatic rings. The molecule has 4 saturated carbocycles. The first-order valence-electron chi connectivity index (χ1n) is 25.0. The Labute approximate surface area is 366 Å². The molecular weight excluding hydrogens is 773 g/mol. The molecule has 0 saturated heterocycles. The van der Waals surface area contributed by atoms with Gasteiger partial charge in [0.2, 0.25) is 11.6 Å². The second-order valence-electron chi connectivity index (χ2n) is 19.4. The van der Waals surface area contributed by atoms with Crippen molar-refractivity contribution >= 4 is 11.1 Å². The first-order chi connectivity index (χ1) is 29.8. The van der Waals surface area contributed by atoms with Gasteiger partial charge in [-0.25, -0.2) is 8.78 Å². The van der Waals surface area contributed by atoms with E-state index in [1.54, 1.807) is 24.3 Å². The molecular formula is C54H78F4O3. The Morgan fingerprint density at radius 2 is 0.803 bits per heavy atom. The highest BCUT2D eigenvalue weighted by Crippen LogP contribution is 2.48. The van der Waals surface area contributed by atoms with Crippen LogP contribution in [0.15, 0.2) is 36.4 Å². The molecule has 3 nitrogen and oxygen atoms in total. The summed E-state index contributed by atoms with van der Waals surface area (Å²) in [5.41, 5.74) is 2.16. The molecule has 4 aliphatic carbocycles. The summed E-state index contributed by atoms with van der Waals surface area (Å²) in [5.74, 6) is 1.16. The third-order valence-corrected chi connectivity index (χ3v) is 15.4. The van der Waals surface area contributed by atoms with Gasteiger partial charge in [0.1, 0.15) is 0 Å². The lowest BCUT2D eigenvalue weighted by Gasteiger charge is -2.38. The smallest absolute Gasteiger partial charge is 0.201 e. The van der Waals surface area contributed by atoms with E-state index in [1.807, 2.05) is 26.0 Å². The molecule has 0 aromatic heterocycles. The lowest BCUT2D eigenvalue weighted by molar-refractivity contribution is 0.153. The summed E-state index contributed by atoms with van der Waals surface area (Å²) in [5, 5.41) is 0. The van der Waals surface area contributed by atoms with Gasteiger partial charge < -0.3 is 14.2 Å². The summed E-state index contributed by atoms with van der Waals surface area (Å²) in [7, 11) is 0. The number of halogens is 4. The number of hydrogen-bond donors (Lipinski definition) is 0. The summed E-state index contributed by atoms with van der Waals surface area (Å²) in [6, 6.07) is 6.47. The van der Waals surface area contributed by atoms with E-state index >= 15 is 17.6 Å². The van der Waals surface area contributed by atoms with Crippen molar-refractivity contribution in [2.75, 3.05) is 26.4 Å². The van der Waals surface area contributed by atoms with Gasteiger partial charge in [-0.05, 0) is 173 Å². The van der Waals surface area contributed by atoms with Gasteiger partial charge in [0.05, 0.1) is 26.4 Å². The van der Waals surface area contributed by atoms with Crippen molar-refractivity contribution in [3.8, 4) is 11.5 Å². The normalized spacial score (nSPS) is 27.9. The number of rotatable bonds is 20. The summed E-state index contributed by atoms with van der Waals surface area (Å²) in [4.78, 5) is 0. The Hall–Kier alpha value is -2.80. The van der Waals surface area contributed by atoms with Gasteiger partial charge in [-0.15, -0.1) is 0 Å². The average molecular weight is 851 g/mol. The van der Waals surface area contributed by atoms with E-state index < -0.39 is 23.3 Å². The maximum absolute atomic E-state index is 16.0. The van der Waals surface area contributed by atoms with E-state index in [4.69, 9.17) is 14.2 Å². The van der Waals surface area contributed by atoms with Crippen LogP contribution in [0.1, 0.15) is 180 Å². The van der Waals surface area contributed by atoms with E-state index in [9.17, 15) is 0 Å². The van der Waals surface area contributed by atoms with Crippen molar-refractivity contribution in [2.45, 2.75) is 169 Å². The van der Waals surface area contributed by atoms with Crippen molar-refractivity contribution in [2.24, 2.45) is 47.3 Å². The second kappa shape index (κ2) is 24.3. The Morgan fingerprint density at radius 3 is 1.13 bits per heavy atom. The summed E-state index contributed by atoms with van der Waals surface area (Å²) >= 11 is 0. The Kier molecular flexibility index (Phi) is 19.0. The van der Waals surface area contributed by atoms with Gasteiger partial charge in [-0.1, -0.05) is 91.2 Å². The van der Waals surface area contributed by atoms with Crippen LogP contribution in [-0.2, 0) is 4.74 Å². The molecule has 0 aliphatic heterocycles. The monoisotopic (exact) mass is 851 g/mol. The zero-order chi connectivity index (χ0) is 43.1. The molecule has 340 valence electrons. The molecule has 4 fully saturated rings. The van der Waals surface area contributed by atoms with Crippen molar-refractivity contribution in [3.63, 3.8) is 0 Å². The zero-order valence-electron chi connectivity index (χ0n) is 38.2. The summed E-state index contributed by atoms with van der Waals surface area (Å²) in [6.45, 7) is 9.49. The highest BCUT2D eigenvalue weighted by molar-refractivity contribution is 5.70. The van der Waals surface area contributed by atoms with Crippen LogP contribution in [0, 0.1) is 70.6 Å². The SMILES string of the molecule is CCCOc1ccc(C(=CCOCC=C(c2ccc(OCCC)c(F)c2F)C2CCC(C3CCC(CCC)CC3)CC2)C2CCC(C3CCC(CCC)CC3)CC2)c(F)c1F. The quantitative estimate of drug-likeness (QED) is 0.0981. The Morgan fingerprint density at radius 1 is 0.459 bits per heavy atom. The number of benzene rings is 2. The van der Waals surface area contributed by atoms with Crippen molar-refractivity contribution in [1.29, 1.82) is 0 Å². The average Bonchev–Trinajstić information content (AvgIpc) is 3.29. The molecule has 0 bridgehead atoms. The maximum atomic E-state index is 16.0. The van der Waals surface area contributed by atoms with Gasteiger partial charge in [-0.3, -0.25) is 0 Å². The third kappa shape index (κ3) is 12.7. The fraction of sp³-hybridized carbons (Fsp3) is 0.704. The van der Waals surface area contributed by atoms with Crippen LogP contribution in [0.4, 0.5) is 17.6 Å². The van der Waals surface area contributed by atoms with Crippen molar-refractivity contribution in [3.05, 3.63) is 70.8 Å². The van der Waals surface area contributed by atoms with Crippen LogP contribution >= 0.6 is 0 Å². The minimum atomic E-state index is -0.942. The van der Waals surface area contributed by atoms with E-state index in [1.165, 1.54) is 77.0 Å². The van der Waals surface area contributed by atoms with E-state index in [-0.39, 0.29) is 47.7 Å². The maximum Gasteiger partial charge on any atom is 0.201 e. The van der Waals surface area contributed by atoms with E-state index in [0.717, 1.165) is 86.2 Å². The number of hydrogen-bond acceptors (Lipinski definition) is 3. The van der Waals surface area contributed by atoms with Crippen molar-refractivity contribution in [1.82, 2.24) is 0 Å². The van der Waals surface area contributed by atoms with Crippen LogP contribution in [0.2, 0.25) is 0 Å². The van der Waals surface area contributed by atoms with Gasteiger partial charge in [-0.2, -0.15) is 8.78 Å². The highest BCUT2D eigenvalue weighted by atomic mass is 19.2. The minimum Gasteiger partial charge on any atom is -0.490 e. The minimum absolute atomic E-state index is 0.0548. The molecule has 6 rings (SSSR count). The Bertz CT molecular complexity index is 1560. The molecule has 2 aromatic carbocycles. The van der Waals surface area contributed by atoms with Gasteiger partial charge in [0.15, 0.2) is 23.1 Å². The van der Waals surface area contributed by atoms with Gasteiger partial charge >= 0.3 is 0 Å². The largest absolute Gasteiger partial charge is 0.490 e. The summed E-state index contributed by atoms with van der Waals surface area (Å²) < 4.78 is 80.2. The number of allylic oxidation sites excluding steroid dienone is 2. The number of ether oxygens (including phenoxy) is 3. The molecule has 7 heteroatoms. The Balaban J connectivity index is 1.17. The molecule has 0 N–H and O–H groups in total. The molecule has 2 aromatic rings. The molecule has 61 heavy (non-hydrogen) atoms. The molecule has 0 amide bonds. The fourth-order valence-corrected chi connectivity index (χ4v) is 12.0. The van der Waals surface area contributed by atoms with Gasteiger partial charge in [0, 0.05) is 11.1 Å². The lowest BCUT2D eigenvalue weighted by atomic mass is 9.67.